The Labute approximate surface area is 165 Å². The van der Waals surface area contributed by atoms with E-state index in [2.05, 4.69) is 6.58 Å². The second-order valence-corrected chi connectivity index (χ2v) is 7.28. The van der Waals surface area contributed by atoms with Crippen molar-refractivity contribution in [3.05, 3.63) is 60.0 Å². The van der Waals surface area contributed by atoms with Gasteiger partial charge in [0.2, 0.25) is 11.3 Å². The van der Waals surface area contributed by atoms with Gasteiger partial charge in [0, 0.05) is 36.5 Å². The Morgan fingerprint density at radius 2 is 2.12 bits per heavy atom. The number of hydrogen-bond acceptors (Lipinski definition) is 2. The van der Waals surface area contributed by atoms with Gasteiger partial charge in [0.25, 0.3) is 0 Å². The van der Waals surface area contributed by atoms with Crippen LogP contribution in [0, 0.1) is 17.0 Å². The zero-order valence-corrected chi connectivity index (χ0v) is 16.6. The minimum atomic E-state index is -0.462. The minimum Gasteiger partial charge on any atom is -1.00 e. The summed E-state index contributed by atoms with van der Waals surface area (Å²) >= 11 is 0. The summed E-state index contributed by atoms with van der Waals surface area (Å²) in [6.45, 7) is 4.94. The second kappa shape index (κ2) is 6.78. The van der Waals surface area contributed by atoms with Gasteiger partial charge in [0.05, 0.1) is 18.5 Å². The first-order valence-corrected chi connectivity index (χ1v) is 8.65. The van der Waals surface area contributed by atoms with Gasteiger partial charge in [0.15, 0.2) is 12.2 Å². The van der Waals surface area contributed by atoms with Gasteiger partial charge in [-0.1, -0.05) is 18.2 Å². The summed E-state index contributed by atoms with van der Waals surface area (Å²) in [5, 5.41) is 14.2. The Kier molecular flexibility index (Phi) is 5.01. The molecule has 0 saturated carbocycles. The van der Waals surface area contributed by atoms with Crippen molar-refractivity contribution in [2.75, 3.05) is 13.1 Å². The number of hydroxylamine groups is 3. The number of carbonyl (C=O) groups is 1. The fraction of sp³-hybridized carbons (Fsp3) is 0.400. The molecule has 5 rings (SSSR count). The standard InChI is InChI=1S/C20H23N2O2.HI/c1-3-14-13-22(24)11-9-15(14)12-19(22)20(23)17-8-10-21(2)18-7-5-4-6-16(17)18;/h3-8,10,14-15,19H,1,9,11-13H2,2H3;1H/q+1;/p-1/t14-,15?,19?,22?;/m0./s1. The van der Waals surface area contributed by atoms with Crippen LogP contribution < -0.4 is 28.5 Å². The van der Waals surface area contributed by atoms with Crippen molar-refractivity contribution in [1.29, 1.82) is 0 Å². The average Bonchev–Trinajstić information content (AvgIpc) is 2.61. The van der Waals surface area contributed by atoms with Crippen LogP contribution in [0.5, 0.6) is 0 Å². The molecule has 1 aromatic carbocycles. The number of pyridine rings is 1. The average molecular weight is 450 g/mol. The third-order valence-corrected chi connectivity index (χ3v) is 6.01. The Bertz CT molecular complexity index is 838. The lowest BCUT2D eigenvalue weighted by molar-refractivity contribution is -0.915. The van der Waals surface area contributed by atoms with Crippen molar-refractivity contribution < 1.29 is 38.0 Å². The van der Waals surface area contributed by atoms with Crippen molar-refractivity contribution in [1.82, 2.24) is 0 Å². The van der Waals surface area contributed by atoms with E-state index >= 15 is 0 Å². The molecular formula is C20H23IN2O2. The Morgan fingerprint density at radius 3 is 2.84 bits per heavy atom. The van der Waals surface area contributed by atoms with Crippen LogP contribution in [0.3, 0.4) is 0 Å². The van der Waals surface area contributed by atoms with Crippen LogP contribution in [0.2, 0.25) is 0 Å². The zero-order valence-electron chi connectivity index (χ0n) is 14.4. The Balaban J connectivity index is 0.00000182. The topological polar surface area (TPSA) is 44.0 Å². The predicted molar refractivity (Wildman–Crippen MR) is 93.0 cm³/mol. The third-order valence-electron chi connectivity index (χ3n) is 6.01. The molecule has 3 saturated heterocycles. The van der Waals surface area contributed by atoms with Gasteiger partial charge in [-0.15, -0.1) is 6.58 Å². The maximum atomic E-state index is 13.3. The third kappa shape index (κ3) is 2.92. The molecule has 0 spiro atoms. The number of nitrogens with zero attached hydrogens (tertiary/aromatic N) is 2. The van der Waals surface area contributed by atoms with E-state index in [0.717, 1.165) is 17.3 Å². The van der Waals surface area contributed by atoms with Gasteiger partial charge < -0.3 is 33.8 Å². The smallest absolute Gasteiger partial charge is 0.221 e. The number of ketones is 1. The number of rotatable bonds is 3. The highest BCUT2D eigenvalue weighted by Crippen LogP contribution is 2.42. The first kappa shape index (κ1) is 18.5. The maximum Gasteiger partial charge on any atom is 0.221 e. The number of para-hydroxylation sites is 1. The molecule has 3 unspecified atom stereocenters. The molecule has 2 aromatic rings. The normalized spacial score (nSPS) is 30.7. The number of quaternary nitrogens is 1. The second-order valence-electron chi connectivity index (χ2n) is 7.28. The van der Waals surface area contributed by atoms with E-state index in [4.69, 9.17) is 0 Å². The number of fused-ring (bicyclic) bond motifs is 4. The van der Waals surface area contributed by atoms with E-state index in [1.54, 1.807) is 0 Å². The molecule has 132 valence electrons. The molecule has 0 radical (unpaired) electrons. The van der Waals surface area contributed by atoms with Gasteiger partial charge in [-0.2, -0.15) is 0 Å². The van der Waals surface area contributed by atoms with Crippen LogP contribution in [0.4, 0.5) is 0 Å². The molecule has 5 heteroatoms. The molecule has 0 N–H and O–H groups in total. The number of piperidine rings is 3. The number of carbonyl (C=O) groups excluding carboxylic acids is 1. The minimum absolute atomic E-state index is 0. The van der Waals surface area contributed by atoms with Crippen molar-refractivity contribution >= 4 is 16.7 Å². The first-order chi connectivity index (χ1) is 11.5. The van der Waals surface area contributed by atoms with E-state index < -0.39 is 6.04 Å². The van der Waals surface area contributed by atoms with Gasteiger partial charge in [0.1, 0.15) is 7.05 Å². The first-order valence-electron chi connectivity index (χ1n) is 8.65. The molecule has 25 heavy (non-hydrogen) atoms. The quantitative estimate of drug-likeness (QED) is 0.162. The van der Waals surface area contributed by atoms with E-state index in [0.29, 0.717) is 31.0 Å². The van der Waals surface area contributed by atoms with Crippen molar-refractivity contribution in [2.24, 2.45) is 18.9 Å². The van der Waals surface area contributed by atoms with Gasteiger partial charge >= 0.3 is 0 Å². The number of hydrogen-bond donors (Lipinski definition) is 0. The number of aromatic nitrogens is 1. The molecule has 0 amide bonds. The molecule has 1 aromatic heterocycles. The lowest BCUT2D eigenvalue weighted by Gasteiger charge is -2.59. The monoisotopic (exact) mass is 450 g/mol. The molecule has 4 nitrogen and oxygen atoms in total. The Morgan fingerprint density at radius 1 is 1.36 bits per heavy atom. The van der Waals surface area contributed by atoms with E-state index in [-0.39, 0.29) is 40.3 Å². The molecule has 3 aliphatic heterocycles. The summed E-state index contributed by atoms with van der Waals surface area (Å²) in [4.78, 5) is 13.3. The fourth-order valence-electron chi connectivity index (χ4n) is 4.60. The lowest BCUT2D eigenvalue weighted by atomic mass is 9.73. The van der Waals surface area contributed by atoms with E-state index in [1.165, 1.54) is 0 Å². The molecule has 0 aliphatic carbocycles. The summed E-state index contributed by atoms with van der Waals surface area (Å²) in [6, 6.07) is 9.30. The summed E-state index contributed by atoms with van der Waals surface area (Å²) in [7, 11) is 1.97. The number of halogens is 1. The summed E-state index contributed by atoms with van der Waals surface area (Å²) in [5.74, 6) is 0.691. The van der Waals surface area contributed by atoms with Crippen LogP contribution >= 0.6 is 0 Å². The van der Waals surface area contributed by atoms with Gasteiger partial charge in [-0.25, -0.2) is 4.57 Å². The van der Waals surface area contributed by atoms with Crippen LogP contribution in [-0.2, 0) is 7.05 Å². The summed E-state index contributed by atoms with van der Waals surface area (Å²) in [5.41, 5.74) is 1.70. The van der Waals surface area contributed by atoms with Gasteiger partial charge in [-0.3, -0.25) is 4.79 Å². The largest absolute Gasteiger partial charge is 1.00 e. The molecule has 4 heterocycles. The van der Waals surface area contributed by atoms with Crippen molar-refractivity contribution in [3.63, 3.8) is 0 Å². The number of benzene rings is 1. The van der Waals surface area contributed by atoms with Crippen LogP contribution in [0.1, 0.15) is 23.2 Å². The molecule has 3 aliphatic rings. The summed E-state index contributed by atoms with van der Waals surface area (Å²) < 4.78 is 1.63. The lowest BCUT2D eigenvalue weighted by Crippen LogP contribution is -3.00. The van der Waals surface area contributed by atoms with Crippen molar-refractivity contribution in [3.8, 4) is 0 Å². The fourth-order valence-corrected chi connectivity index (χ4v) is 4.60. The number of Topliss-reactive ketones (excluding diaryl/α,β-unsaturated/α-hetero) is 1. The predicted octanol–water partition coefficient (Wildman–Crippen LogP) is -0.240. The van der Waals surface area contributed by atoms with Crippen LogP contribution in [-0.4, -0.2) is 29.6 Å². The molecule has 4 atom stereocenters. The van der Waals surface area contributed by atoms with E-state index in [9.17, 15) is 10.0 Å². The highest BCUT2D eigenvalue weighted by atomic mass is 127. The summed E-state index contributed by atoms with van der Waals surface area (Å²) in [6.07, 6.45) is 5.42. The maximum absolute atomic E-state index is 13.3. The van der Waals surface area contributed by atoms with Gasteiger partial charge in [-0.05, 0) is 12.0 Å². The van der Waals surface area contributed by atoms with Crippen LogP contribution in [0.15, 0.2) is 49.2 Å². The highest BCUT2D eigenvalue weighted by Gasteiger charge is 2.50. The zero-order chi connectivity index (χ0) is 16.9. The van der Waals surface area contributed by atoms with Crippen molar-refractivity contribution in [2.45, 2.75) is 18.9 Å². The molecular weight excluding hydrogens is 427 g/mol. The highest BCUT2D eigenvalue weighted by molar-refractivity contribution is 6.08. The van der Waals surface area contributed by atoms with E-state index in [1.807, 2.05) is 54.2 Å². The number of aryl methyl sites for hydroxylation is 1. The van der Waals surface area contributed by atoms with Crippen LogP contribution in [0.25, 0.3) is 10.9 Å². The molecule has 3 fully saturated rings. The molecule has 2 bridgehead atoms. The Hall–Kier alpha value is -1.31. The SMILES string of the molecule is C=C[C@H]1C[N+]2([O-])CCC1CC2C(=O)c1cc[n+](C)c2ccccc12.[I-].